The highest BCUT2D eigenvalue weighted by Crippen LogP contribution is 2.17. The molecule has 0 fully saturated rings. The van der Waals surface area contributed by atoms with Gasteiger partial charge in [0.25, 0.3) is 5.91 Å². The van der Waals surface area contributed by atoms with Gasteiger partial charge in [-0.2, -0.15) is 0 Å². The van der Waals surface area contributed by atoms with Crippen molar-refractivity contribution in [3.63, 3.8) is 0 Å². The molecule has 0 aliphatic rings. The van der Waals surface area contributed by atoms with Crippen molar-refractivity contribution in [3.05, 3.63) is 48.2 Å². The number of carbonyl (C=O) groups excluding carboxylic acids is 1. The lowest BCUT2D eigenvalue weighted by atomic mass is 10.2. The third kappa shape index (κ3) is 3.47. The number of nitrogens with one attached hydrogen (secondary N) is 1. The van der Waals surface area contributed by atoms with Crippen LogP contribution in [0.5, 0.6) is 5.75 Å². The van der Waals surface area contributed by atoms with E-state index in [2.05, 4.69) is 10.3 Å². The van der Waals surface area contributed by atoms with E-state index in [0.29, 0.717) is 17.9 Å². The van der Waals surface area contributed by atoms with E-state index in [1.165, 1.54) is 0 Å². The van der Waals surface area contributed by atoms with E-state index in [-0.39, 0.29) is 11.7 Å². The number of anilines is 2. The van der Waals surface area contributed by atoms with Gasteiger partial charge in [0.05, 0.1) is 12.2 Å². The second-order valence-corrected chi connectivity index (χ2v) is 4.26. The van der Waals surface area contributed by atoms with Crippen molar-refractivity contribution in [2.75, 3.05) is 17.7 Å². The third-order valence-electron chi connectivity index (χ3n) is 2.67. The quantitative estimate of drug-likeness (QED) is 0.876. The Bertz CT molecular complexity index is 582. The Morgan fingerprint density at radius 2 is 2.05 bits per heavy atom. The van der Waals surface area contributed by atoms with Gasteiger partial charge in [-0.05, 0) is 42.8 Å². The molecular formula is C15H17N3O2. The minimum atomic E-state index is -0.280. The van der Waals surface area contributed by atoms with E-state index in [9.17, 15) is 4.79 Å². The van der Waals surface area contributed by atoms with E-state index < -0.39 is 0 Å². The van der Waals surface area contributed by atoms with Crippen molar-refractivity contribution >= 4 is 17.4 Å². The van der Waals surface area contributed by atoms with Crippen LogP contribution in [0.2, 0.25) is 0 Å². The van der Waals surface area contributed by atoms with Crippen LogP contribution in [0.4, 0.5) is 11.5 Å². The first-order valence-electron chi connectivity index (χ1n) is 6.45. The molecule has 2 aromatic rings. The number of rotatable bonds is 5. The summed E-state index contributed by atoms with van der Waals surface area (Å²) < 4.78 is 5.48. The van der Waals surface area contributed by atoms with E-state index in [0.717, 1.165) is 12.2 Å². The molecule has 1 aromatic heterocycles. The predicted octanol–water partition coefficient (Wildman–Crippen LogP) is 2.70. The highest BCUT2D eigenvalue weighted by molar-refractivity contribution is 6.07. The van der Waals surface area contributed by atoms with Gasteiger partial charge in [-0.25, -0.2) is 4.98 Å². The Kier molecular flexibility index (Phi) is 4.55. The molecule has 1 heterocycles. The monoisotopic (exact) mass is 271 g/mol. The number of nitrogen functional groups attached to an aromatic ring is 1. The molecule has 20 heavy (non-hydrogen) atoms. The fourth-order valence-electron chi connectivity index (χ4n) is 1.66. The molecule has 0 spiro atoms. The first-order valence-corrected chi connectivity index (χ1v) is 6.45. The van der Waals surface area contributed by atoms with Gasteiger partial charge in [-0.15, -0.1) is 0 Å². The van der Waals surface area contributed by atoms with E-state index >= 15 is 0 Å². The zero-order chi connectivity index (χ0) is 14.4. The van der Waals surface area contributed by atoms with Crippen LogP contribution in [0.15, 0.2) is 42.6 Å². The molecule has 1 aromatic carbocycles. The van der Waals surface area contributed by atoms with E-state index in [1.807, 2.05) is 19.1 Å². The Balaban J connectivity index is 2.03. The number of aromatic nitrogens is 1. The van der Waals surface area contributed by atoms with Crippen molar-refractivity contribution in [2.24, 2.45) is 0 Å². The van der Waals surface area contributed by atoms with E-state index in [4.69, 9.17) is 10.5 Å². The maximum absolute atomic E-state index is 12.0. The molecule has 0 aliphatic heterocycles. The van der Waals surface area contributed by atoms with Gasteiger partial charge in [-0.3, -0.25) is 4.79 Å². The topological polar surface area (TPSA) is 77.2 Å². The standard InChI is InChI=1S/C15H17N3O2/c1-2-10-20-12-7-5-11(6-8-12)18-15(19)13-4-3-9-17-14(13)16/h3-9H,2,10H2,1H3,(H2,16,17)(H,18,19). The summed E-state index contributed by atoms with van der Waals surface area (Å²) in [4.78, 5) is 15.9. The molecule has 104 valence electrons. The number of carbonyl (C=O) groups is 1. The number of amides is 1. The minimum Gasteiger partial charge on any atom is -0.494 e. The van der Waals surface area contributed by atoms with Crippen LogP contribution in [0.25, 0.3) is 0 Å². The third-order valence-corrected chi connectivity index (χ3v) is 2.67. The molecule has 0 atom stereocenters. The highest BCUT2D eigenvalue weighted by Gasteiger charge is 2.10. The number of benzene rings is 1. The van der Waals surface area contributed by atoms with Gasteiger partial charge in [0, 0.05) is 11.9 Å². The average molecular weight is 271 g/mol. The number of ether oxygens (including phenoxy) is 1. The largest absolute Gasteiger partial charge is 0.494 e. The molecule has 5 nitrogen and oxygen atoms in total. The molecule has 0 saturated heterocycles. The minimum absolute atomic E-state index is 0.216. The number of nitrogens with two attached hydrogens (primary N) is 1. The lowest BCUT2D eigenvalue weighted by Gasteiger charge is -2.08. The molecule has 0 unspecified atom stereocenters. The summed E-state index contributed by atoms with van der Waals surface area (Å²) in [6.07, 6.45) is 2.50. The van der Waals surface area contributed by atoms with Crippen LogP contribution in [0.3, 0.4) is 0 Å². The Morgan fingerprint density at radius 1 is 1.30 bits per heavy atom. The van der Waals surface area contributed by atoms with Crippen LogP contribution < -0.4 is 15.8 Å². The van der Waals surface area contributed by atoms with Gasteiger partial charge >= 0.3 is 0 Å². The molecule has 2 rings (SSSR count). The maximum atomic E-state index is 12.0. The summed E-state index contributed by atoms with van der Waals surface area (Å²) in [6.45, 7) is 2.73. The predicted molar refractivity (Wildman–Crippen MR) is 78.8 cm³/mol. The van der Waals surface area contributed by atoms with Crippen molar-refractivity contribution in [2.45, 2.75) is 13.3 Å². The van der Waals surface area contributed by atoms with Crippen molar-refractivity contribution in [3.8, 4) is 5.75 Å². The Labute approximate surface area is 117 Å². The zero-order valence-corrected chi connectivity index (χ0v) is 11.3. The maximum Gasteiger partial charge on any atom is 0.259 e. The highest BCUT2D eigenvalue weighted by atomic mass is 16.5. The lowest BCUT2D eigenvalue weighted by Crippen LogP contribution is -2.14. The molecule has 0 saturated carbocycles. The van der Waals surface area contributed by atoms with Gasteiger partial charge in [0.15, 0.2) is 0 Å². The molecule has 3 N–H and O–H groups in total. The van der Waals surface area contributed by atoms with Crippen molar-refractivity contribution in [1.82, 2.24) is 4.98 Å². The molecule has 0 aliphatic carbocycles. The summed E-state index contributed by atoms with van der Waals surface area (Å²) in [6, 6.07) is 10.5. The Hall–Kier alpha value is -2.56. The summed E-state index contributed by atoms with van der Waals surface area (Å²) in [5.41, 5.74) is 6.70. The first-order chi connectivity index (χ1) is 9.70. The van der Waals surface area contributed by atoms with Gasteiger partial charge < -0.3 is 15.8 Å². The van der Waals surface area contributed by atoms with Crippen LogP contribution in [-0.4, -0.2) is 17.5 Å². The summed E-state index contributed by atoms with van der Waals surface area (Å²) in [7, 11) is 0. The second kappa shape index (κ2) is 6.56. The number of nitrogens with zero attached hydrogens (tertiary/aromatic N) is 1. The fourth-order valence-corrected chi connectivity index (χ4v) is 1.66. The van der Waals surface area contributed by atoms with Crippen LogP contribution in [0, 0.1) is 0 Å². The average Bonchev–Trinajstić information content (AvgIpc) is 2.47. The summed E-state index contributed by atoms with van der Waals surface area (Å²) in [5, 5.41) is 2.77. The van der Waals surface area contributed by atoms with E-state index in [1.54, 1.807) is 30.5 Å². The number of hydrogen-bond acceptors (Lipinski definition) is 4. The van der Waals surface area contributed by atoms with Crippen molar-refractivity contribution < 1.29 is 9.53 Å². The van der Waals surface area contributed by atoms with Gasteiger partial charge in [0.1, 0.15) is 11.6 Å². The summed E-state index contributed by atoms with van der Waals surface area (Å²) >= 11 is 0. The van der Waals surface area contributed by atoms with Gasteiger partial charge in [-0.1, -0.05) is 6.92 Å². The smallest absolute Gasteiger partial charge is 0.259 e. The fraction of sp³-hybridized carbons (Fsp3) is 0.200. The number of pyridine rings is 1. The Morgan fingerprint density at radius 3 is 2.70 bits per heavy atom. The van der Waals surface area contributed by atoms with Crippen LogP contribution in [-0.2, 0) is 0 Å². The van der Waals surface area contributed by atoms with Crippen LogP contribution >= 0.6 is 0 Å². The molecule has 0 radical (unpaired) electrons. The van der Waals surface area contributed by atoms with Crippen molar-refractivity contribution in [1.29, 1.82) is 0 Å². The molecule has 1 amide bonds. The second-order valence-electron chi connectivity index (χ2n) is 4.26. The normalized spacial score (nSPS) is 10.1. The lowest BCUT2D eigenvalue weighted by molar-refractivity contribution is 0.102. The summed E-state index contributed by atoms with van der Waals surface area (Å²) in [5.74, 6) is 0.719. The first kappa shape index (κ1) is 13.9. The molecule has 5 heteroatoms. The van der Waals surface area contributed by atoms with Gasteiger partial charge in [0.2, 0.25) is 0 Å². The molecule has 0 bridgehead atoms. The zero-order valence-electron chi connectivity index (χ0n) is 11.3. The van der Waals surface area contributed by atoms with Crippen LogP contribution in [0.1, 0.15) is 23.7 Å². The molecular weight excluding hydrogens is 254 g/mol. The SMILES string of the molecule is CCCOc1ccc(NC(=O)c2cccnc2N)cc1. The number of hydrogen-bond donors (Lipinski definition) is 2.